The number of anilines is 1. The van der Waals surface area contributed by atoms with Crippen LogP contribution in [0.5, 0.6) is 0 Å². The highest BCUT2D eigenvalue weighted by Gasteiger charge is 2.07. The minimum absolute atomic E-state index is 0.747. The van der Waals surface area contributed by atoms with E-state index >= 15 is 0 Å². The lowest BCUT2D eigenvalue weighted by Crippen LogP contribution is -2.00. The Kier molecular flexibility index (Phi) is 3.75. The zero-order valence-corrected chi connectivity index (χ0v) is 10.1. The lowest BCUT2D eigenvalue weighted by atomic mass is 10.2. The fourth-order valence-corrected chi connectivity index (χ4v) is 1.87. The minimum Gasteiger partial charge on any atom is -0.398 e. The number of imidazole rings is 1. The molecule has 4 heteroatoms. The number of aromatic nitrogens is 3. The number of hydrogen-bond acceptors (Lipinski definition) is 3. The van der Waals surface area contributed by atoms with Gasteiger partial charge in [-0.2, -0.15) is 0 Å². The summed E-state index contributed by atoms with van der Waals surface area (Å²) >= 11 is 0. The zero-order chi connectivity index (χ0) is 12.1. The van der Waals surface area contributed by atoms with E-state index in [1.54, 1.807) is 12.4 Å². The third-order valence-electron chi connectivity index (χ3n) is 2.85. The van der Waals surface area contributed by atoms with E-state index in [2.05, 4.69) is 21.5 Å². The minimum atomic E-state index is 0.747. The molecule has 0 bridgehead atoms. The van der Waals surface area contributed by atoms with Crippen molar-refractivity contribution < 1.29 is 0 Å². The third kappa shape index (κ3) is 2.64. The Balaban J connectivity index is 2.22. The summed E-state index contributed by atoms with van der Waals surface area (Å²) < 4.78 is 2.14. The lowest BCUT2D eigenvalue weighted by molar-refractivity contribution is 0.605. The van der Waals surface area contributed by atoms with E-state index in [0.29, 0.717) is 0 Å². The number of nitrogens with zero attached hydrogens (tertiary/aromatic N) is 3. The highest BCUT2D eigenvalue weighted by molar-refractivity contribution is 5.72. The van der Waals surface area contributed by atoms with Gasteiger partial charge in [-0.05, 0) is 12.5 Å². The summed E-state index contributed by atoms with van der Waals surface area (Å²) in [5.74, 6) is 0. The Labute approximate surface area is 102 Å². The second kappa shape index (κ2) is 5.48. The van der Waals surface area contributed by atoms with Gasteiger partial charge in [-0.3, -0.25) is 4.98 Å². The maximum Gasteiger partial charge on any atom is 0.0950 e. The van der Waals surface area contributed by atoms with Crippen LogP contribution in [-0.4, -0.2) is 14.5 Å². The van der Waals surface area contributed by atoms with Crippen molar-refractivity contribution in [1.82, 2.24) is 14.5 Å². The number of nitrogens with two attached hydrogens (primary N) is 1. The average molecular weight is 230 g/mol. The standard InChI is InChI=1S/C13H18N4/c1-2-3-4-7-17-10-16-9-13(17)11-8-15-6-5-12(11)14/h5-6,8-10H,2-4,7H2,1H3,(H2,14,15). The number of nitrogen functional groups attached to an aromatic ring is 1. The van der Waals surface area contributed by atoms with Crippen molar-refractivity contribution in [3.8, 4) is 11.3 Å². The first-order valence-corrected chi connectivity index (χ1v) is 6.03. The summed E-state index contributed by atoms with van der Waals surface area (Å²) in [5.41, 5.74) is 8.71. The van der Waals surface area contributed by atoms with Gasteiger partial charge in [-0.15, -0.1) is 0 Å². The summed E-state index contributed by atoms with van der Waals surface area (Å²) in [6.45, 7) is 3.19. The van der Waals surface area contributed by atoms with E-state index in [1.165, 1.54) is 19.3 Å². The molecule has 0 saturated carbocycles. The summed E-state index contributed by atoms with van der Waals surface area (Å²) in [7, 11) is 0. The molecule has 4 nitrogen and oxygen atoms in total. The van der Waals surface area contributed by atoms with E-state index in [1.807, 2.05) is 18.6 Å². The molecule has 0 aliphatic carbocycles. The summed E-state index contributed by atoms with van der Waals surface area (Å²) in [6, 6.07) is 1.82. The van der Waals surface area contributed by atoms with Gasteiger partial charge in [0.05, 0.1) is 18.2 Å². The molecule has 0 fully saturated rings. The molecule has 0 radical (unpaired) electrons. The van der Waals surface area contributed by atoms with Crippen LogP contribution in [0.3, 0.4) is 0 Å². The first-order chi connectivity index (χ1) is 8.33. The lowest BCUT2D eigenvalue weighted by Gasteiger charge is -2.09. The predicted octanol–water partition coefficient (Wildman–Crippen LogP) is 2.72. The molecule has 0 aromatic carbocycles. The van der Waals surface area contributed by atoms with Crippen LogP contribution in [0.2, 0.25) is 0 Å². The molecule has 0 aliphatic heterocycles. The molecule has 17 heavy (non-hydrogen) atoms. The quantitative estimate of drug-likeness (QED) is 0.803. The molecule has 0 spiro atoms. The molecule has 0 saturated heterocycles. The number of pyridine rings is 1. The first kappa shape index (κ1) is 11.6. The molecular weight excluding hydrogens is 212 g/mol. The molecule has 0 aliphatic rings. The molecule has 0 amide bonds. The molecular formula is C13H18N4. The van der Waals surface area contributed by atoms with Crippen LogP contribution in [0.15, 0.2) is 31.0 Å². The molecule has 2 aromatic heterocycles. The molecule has 2 N–H and O–H groups in total. The maximum atomic E-state index is 5.95. The first-order valence-electron chi connectivity index (χ1n) is 6.03. The van der Waals surface area contributed by atoms with Crippen molar-refractivity contribution in [2.24, 2.45) is 0 Å². The smallest absolute Gasteiger partial charge is 0.0950 e. The van der Waals surface area contributed by atoms with Gasteiger partial charge in [0.1, 0.15) is 0 Å². The second-order valence-corrected chi connectivity index (χ2v) is 4.14. The number of unbranched alkanes of at least 4 members (excludes halogenated alkanes) is 2. The van der Waals surface area contributed by atoms with E-state index in [9.17, 15) is 0 Å². The van der Waals surface area contributed by atoms with Crippen LogP contribution in [0.25, 0.3) is 11.3 Å². The van der Waals surface area contributed by atoms with Crippen LogP contribution in [0.4, 0.5) is 5.69 Å². The Bertz CT molecular complexity index is 476. The monoisotopic (exact) mass is 230 g/mol. The molecule has 0 unspecified atom stereocenters. The Morgan fingerprint density at radius 3 is 2.88 bits per heavy atom. The Morgan fingerprint density at radius 2 is 2.12 bits per heavy atom. The van der Waals surface area contributed by atoms with Crippen molar-refractivity contribution in [3.63, 3.8) is 0 Å². The summed E-state index contributed by atoms with van der Waals surface area (Å²) in [5, 5.41) is 0. The molecule has 2 rings (SSSR count). The van der Waals surface area contributed by atoms with Crippen molar-refractivity contribution in [2.75, 3.05) is 5.73 Å². The Hall–Kier alpha value is -1.84. The van der Waals surface area contributed by atoms with Crippen molar-refractivity contribution in [2.45, 2.75) is 32.7 Å². The van der Waals surface area contributed by atoms with Crippen molar-refractivity contribution >= 4 is 5.69 Å². The molecule has 90 valence electrons. The number of aryl methyl sites for hydroxylation is 1. The van der Waals surface area contributed by atoms with Crippen LogP contribution in [0.1, 0.15) is 26.2 Å². The topological polar surface area (TPSA) is 56.7 Å². The number of hydrogen-bond donors (Lipinski definition) is 1. The fraction of sp³-hybridized carbons (Fsp3) is 0.385. The molecule has 2 heterocycles. The summed E-state index contributed by atoms with van der Waals surface area (Å²) in [6.07, 6.45) is 10.8. The largest absolute Gasteiger partial charge is 0.398 e. The van der Waals surface area contributed by atoms with Gasteiger partial charge in [0.15, 0.2) is 0 Å². The normalized spacial score (nSPS) is 10.6. The van der Waals surface area contributed by atoms with Crippen LogP contribution in [-0.2, 0) is 6.54 Å². The predicted molar refractivity (Wildman–Crippen MR) is 69.4 cm³/mol. The highest BCUT2D eigenvalue weighted by atomic mass is 15.0. The van der Waals surface area contributed by atoms with E-state index < -0.39 is 0 Å². The average Bonchev–Trinajstić information content (AvgIpc) is 2.78. The molecule has 2 aromatic rings. The zero-order valence-electron chi connectivity index (χ0n) is 10.1. The fourth-order valence-electron chi connectivity index (χ4n) is 1.87. The number of rotatable bonds is 5. The highest BCUT2D eigenvalue weighted by Crippen LogP contribution is 2.24. The van der Waals surface area contributed by atoms with Crippen LogP contribution < -0.4 is 5.73 Å². The maximum absolute atomic E-state index is 5.95. The van der Waals surface area contributed by atoms with Gasteiger partial charge in [0.25, 0.3) is 0 Å². The van der Waals surface area contributed by atoms with Gasteiger partial charge in [0.2, 0.25) is 0 Å². The summed E-state index contributed by atoms with van der Waals surface area (Å²) in [4.78, 5) is 8.32. The van der Waals surface area contributed by atoms with E-state index in [-0.39, 0.29) is 0 Å². The molecule has 0 atom stereocenters. The van der Waals surface area contributed by atoms with Gasteiger partial charge >= 0.3 is 0 Å². The van der Waals surface area contributed by atoms with E-state index in [4.69, 9.17) is 5.73 Å². The SMILES string of the molecule is CCCCCn1cncc1-c1cnccc1N. The van der Waals surface area contributed by atoms with Crippen molar-refractivity contribution in [3.05, 3.63) is 31.0 Å². The van der Waals surface area contributed by atoms with Crippen LogP contribution in [0, 0.1) is 0 Å². The third-order valence-corrected chi connectivity index (χ3v) is 2.85. The van der Waals surface area contributed by atoms with E-state index in [0.717, 1.165) is 23.5 Å². The van der Waals surface area contributed by atoms with Gasteiger partial charge < -0.3 is 10.3 Å². The van der Waals surface area contributed by atoms with Gasteiger partial charge in [-0.1, -0.05) is 19.8 Å². The Morgan fingerprint density at radius 1 is 1.24 bits per heavy atom. The van der Waals surface area contributed by atoms with Crippen molar-refractivity contribution in [1.29, 1.82) is 0 Å². The van der Waals surface area contributed by atoms with Crippen LogP contribution >= 0.6 is 0 Å². The van der Waals surface area contributed by atoms with Gasteiger partial charge in [0, 0.05) is 30.2 Å². The van der Waals surface area contributed by atoms with Gasteiger partial charge in [-0.25, -0.2) is 4.98 Å². The second-order valence-electron chi connectivity index (χ2n) is 4.14.